The second kappa shape index (κ2) is 6.26. The molecule has 1 aromatic heterocycles. The number of rotatable bonds is 5. The van der Waals surface area contributed by atoms with Crippen molar-refractivity contribution in [1.29, 1.82) is 5.26 Å². The number of aryl methyl sites for hydroxylation is 1. The molecule has 0 aliphatic rings. The van der Waals surface area contributed by atoms with Crippen LogP contribution in [0.15, 0.2) is 35.2 Å². The summed E-state index contributed by atoms with van der Waals surface area (Å²) in [4.78, 5) is 2.15. The number of hydrogen-bond donors (Lipinski definition) is 2. The quantitative estimate of drug-likeness (QED) is 0.825. The van der Waals surface area contributed by atoms with Crippen molar-refractivity contribution in [1.82, 2.24) is 4.72 Å². The fourth-order valence-electron chi connectivity index (χ4n) is 1.81. The summed E-state index contributed by atoms with van der Waals surface area (Å²) in [5, 5.41) is 8.76. The molecule has 5 nitrogen and oxygen atoms in total. The lowest BCUT2D eigenvalue weighted by Crippen LogP contribution is -2.23. The number of nitrogens with zero attached hydrogens (tertiary/aromatic N) is 1. The molecule has 1 heterocycles. The van der Waals surface area contributed by atoms with Gasteiger partial charge in [0.2, 0.25) is 10.0 Å². The van der Waals surface area contributed by atoms with Crippen LogP contribution >= 0.6 is 11.3 Å². The molecule has 0 amide bonds. The Kier molecular flexibility index (Phi) is 4.63. The SMILES string of the molecule is CCc1ccc(CNS(=O)(=O)c2ccc(C#N)cc2N)s1. The average molecular weight is 321 g/mol. The maximum atomic E-state index is 12.2. The highest BCUT2D eigenvalue weighted by molar-refractivity contribution is 7.89. The Morgan fingerprint density at radius 2 is 2.00 bits per heavy atom. The van der Waals surface area contributed by atoms with E-state index in [0.29, 0.717) is 5.56 Å². The van der Waals surface area contributed by atoms with Gasteiger partial charge in [0, 0.05) is 16.3 Å². The van der Waals surface area contributed by atoms with E-state index in [1.54, 1.807) is 11.3 Å². The van der Waals surface area contributed by atoms with Gasteiger partial charge in [-0.2, -0.15) is 5.26 Å². The zero-order chi connectivity index (χ0) is 15.5. The molecule has 0 aliphatic heterocycles. The second-order valence-electron chi connectivity index (χ2n) is 4.41. The Morgan fingerprint density at radius 3 is 2.57 bits per heavy atom. The Balaban J connectivity index is 2.17. The molecule has 110 valence electrons. The number of anilines is 1. The molecular weight excluding hydrogens is 306 g/mol. The number of nitriles is 1. The van der Waals surface area contributed by atoms with Crippen molar-refractivity contribution < 1.29 is 8.42 Å². The van der Waals surface area contributed by atoms with Gasteiger partial charge in [-0.05, 0) is 36.8 Å². The van der Waals surface area contributed by atoms with Crippen LogP contribution in [0.4, 0.5) is 5.69 Å². The van der Waals surface area contributed by atoms with E-state index in [9.17, 15) is 8.42 Å². The van der Waals surface area contributed by atoms with Gasteiger partial charge in [0.05, 0.1) is 17.3 Å². The first-order valence-electron chi connectivity index (χ1n) is 6.33. The van der Waals surface area contributed by atoms with Gasteiger partial charge in [-0.3, -0.25) is 0 Å². The third kappa shape index (κ3) is 3.61. The Morgan fingerprint density at radius 1 is 1.29 bits per heavy atom. The van der Waals surface area contributed by atoms with E-state index in [4.69, 9.17) is 11.0 Å². The monoisotopic (exact) mass is 321 g/mol. The standard InChI is InChI=1S/C14H15N3O2S2/c1-2-11-4-5-12(20-11)9-17-21(18,19)14-6-3-10(8-15)7-13(14)16/h3-7,17H,2,9,16H2,1H3. The zero-order valence-electron chi connectivity index (χ0n) is 11.5. The molecule has 21 heavy (non-hydrogen) atoms. The van der Waals surface area contributed by atoms with E-state index in [1.807, 2.05) is 18.2 Å². The maximum Gasteiger partial charge on any atom is 0.242 e. The Hall–Kier alpha value is -1.88. The minimum absolute atomic E-state index is 0.00577. The molecule has 3 N–H and O–H groups in total. The predicted octanol–water partition coefficient (Wildman–Crippen LogP) is 2.24. The van der Waals surface area contributed by atoms with Crippen LogP contribution in [0.5, 0.6) is 0 Å². The minimum Gasteiger partial charge on any atom is -0.398 e. The lowest BCUT2D eigenvalue weighted by Gasteiger charge is -2.08. The number of benzene rings is 1. The van der Waals surface area contributed by atoms with Gasteiger partial charge < -0.3 is 5.73 Å². The lowest BCUT2D eigenvalue weighted by molar-refractivity contribution is 0.582. The highest BCUT2D eigenvalue weighted by Crippen LogP contribution is 2.21. The molecule has 0 aliphatic carbocycles. The number of nitrogens with one attached hydrogen (secondary N) is 1. The summed E-state index contributed by atoms with van der Waals surface area (Å²) in [5.41, 5.74) is 6.11. The number of thiophene rings is 1. The van der Waals surface area contributed by atoms with Crippen LogP contribution in [0.25, 0.3) is 0 Å². The van der Waals surface area contributed by atoms with Gasteiger partial charge >= 0.3 is 0 Å². The molecule has 0 unspecified atom stereocenters. The van der Waals surface area contributed by atoms with Crippen LogP contribution in [-0.2, 0) is 23.0 Å². The van der Waals surface area contributed by atoms with Gasteiger partial charge in [-0.1, -0.05) is 6.92 Å². The summed E-state index contributed by atoms with van der Waals surface area (Å²) in [6, 6.07) is 9.96. The Bertz CT molecular complexity index is 789. The number of hydrogen-bond acceptors (Lipinski definition) is 5. The highest BCUT2D eigenvalue weighted by Gasteiger charge is 2.17. The van der Waals surface area contributed by atoms with Gasteiger partial charge in [-0.25, -0.2) is 13.1 Å². The summed E-state index contributed by atoms with van der Waals surface area (Å²) in [6.07, 6.45) is 0.931. The first-order valence-corrected chi connectivity index (χ1v) is 8.63. The molecular formula is C14H15N3O2S2. The summed E-state index contributed by atoms with van der Waals surface area (Å²) < 4.78 is 27.0. The van der Waals surface area contributed by atoms with Crippen molar-refractivity contribution in [3.8, 4) is 6.07 Å². The summed E-state index contributed by atoms with van der Waals surface area (Å²) >= 11 is 1.58. The van der Waals surface area contributed by atoms with E-state index >= 15 is 0 Å². The molecule has 1 aromatic carbocycles. The third-order valence-corrected chi connectivity index (χ3v) is 5.64. The molecule has 0 radical (unpaired) electrons. The van der Waals surface area contributed by atoms with E-state index < -0.39 is 10.0 Å². The third-order valence-electron chi connectivity index (χ3n) is 2.93. The normalized spacial score (nSPS) is 11.2. The molecule has 0 spiro atoms. The summed E-state index contributed by atoms with van der Waals surface area (Å²) in [5.74, 6) is 0. The molecule has 0 bridgehead atoms. The van der Waals surface area contributed by atoms with Crippen molar-refractivity contribution in [2.45, 2.75) is 24.8 Å². The average Bonchev–Trinajstić information content (AvgIpc) is 2.93. The summed E-state index contributed by atoms with van der Waals surface area (Å²) in [6.45, 7) is 2.28. The van der Waals surface area contributed by atoms with Gasteiger partial charge in [0.15, 0.2) is 0 Å². The maximum absolute atomic E-state index is 12.2. The first-order chi connectivity index (χ1) is 9.96. The predicted molar refractivity (Wildman–Crippen MR) is 83.3 cm³/mol. The van der Waals surface area contributed by atoms with Gasteiger partial charge in [0.25, 0.3) is 0 Å². The largest absolute Gasteiger partial charge is 0.398 e. The number of nitrogens with two attached hydrogens (primary N) is 1. The van der Waals surface area contributed by atoms with Crippen LogP contribution in [0.3, 0.4) is 0 Å². The van der Waals surface area contributed by atoms with Crippen LogP contribution < -0.4 is 10.5 Å². The topological polar surface area (TPSA) is 96.0 Å². The van der Waals surface area contributed by atoms with Crippen molar-refractivity contribution in [2.75, 3.05) is 5.73 Å². The Labute approximate surface area is 128 Å². The molecule has 2 aromatic rings. The zero-order valence-corrected chi connectivity index (χ0v) is 13.1. The van der Waals surface area contributed by atoms with Crippen LogP contribution in [0.2, 0.25) is 0 Å². The molecule has 2 rings (SSSR count). The smallest absolute Gasteiger partial charge is 0.242 e. The van der Waals surface area contributed by atoms with E-state index in [2.05, 4.69) is 11.6 Å². The minimum atomic E-state index is -3.69. The van der Waals surface area contributed by atoms with Crippen molar-refractivity contribution in [3.05, 3.63) is 45.6 Å². The van der Waals surface area contributed by atoms with Crippen molar-refractivity contribution in [2.24, 2.45) is 0 Å². The molecule has 0 saturated heterocycles. The molecule has 0 fully saturated rings. The molecule has 7 heteroatoms. The van der Waals surface area contributed by atoms with Crippen LogP contribution in [0, 0.1) is 11.3 Å². The number of sulfonamides is 1. The van der Waals surface area contributed by atoms with E-state index in [-0.39, 0.29) is 17.1 Å². The van der Waals surface area contributed by atoms with Gasteiger partial charge in [0.1, 0.15) is 4.90 Å². The van der Waals surface area contributed by atoms with E-state index in [0.717, 1.165) is 11.3 Å². The highest BCUT2D eigenvalue weighted by atomic mass is 32.2. The first kappa shape index (κ1) is 15.5. The summed E-state index contributed by atoms with van der Waals surface area (Å²) in [7, 11) is -3.69. The fraction of sp³-hybridized carbons (Fsp3) is 0.214. The molecule has 0 atom stereocenters. The molecule has 0 saturated carbocycles. The van der Waals surface area contributed by atoms with Crippen molar-refractivity contribution in [3.63, 3.8) is 0 Å². The van der Waals surface area contributed by atoms with Gasteiger partial charge in [-0.15, -0.1) is 11.3 Å². The fourth-order valence-corrected chi connectivity index (χ4v) is 3.92. The van der Waals surface area contributed by atoms with E-state index in [1.165, 1.54) is 23.1 Å². The van der Waals surface area contributed by atoms with Crippen LogP contribution in [-0.4, -0.2) is 8.42 Å². The van der Waals surface area contributed by atoms with Crippen molar-refractivity contribution >= 4 is 27.0 Å². The number of nitrogen functional groups attached to an aromatic ring is 1. The second-order valence-corrected chi connectivity index (χ2v) is 7.40. The van der Waals surface area contributed by atoms with Crippen LogP contribution in [0.1, 0.15) is 22.2 Å². The lowest BCUT2D eigenvalue weighted by atomic mass is 10.2.